The molecule has 4 heteroatoms. The summed E-state index contributed by atoms with van der Waals surface area (Å²) in [6.45, 7) is 4.45. The van der Waals surface area contributed by atoms with Crippen molar-refractivity contribution in [1.82, 2.24) is 5.43 Å². The van der Waals surface area contributed by atoms with Gasteiger partial charge in [-0.25, -0.2) is 5.43 Å². The summed E-state index contributed by atoms with van der Waals surface area (Å²) >= 11 is 0. The molecule has 0 radical (unpaired) electrons. The number of fused-ring (bicyclic) bond motifs is 1. The van der Waals surface area contributed by atoms with Crippen LogP contribution in [0.2, 0.25) is 0 Å². The molecule has 0 aromatic heterocycles. The van der Waals surface area contributed by atoms with Gasteiger partial charge in [-0.1, -0.05) is 55.8 Å². The number of hydrazone groups is 1. The van der Waals surface area contributed by atoms with Crippen molar-refractivity contribution in [3.05, 3.63) is 77.9 Å². The summed E-state index contributed by atoms with van der Waals surface area (Å²) in [7, 11) is 0. The van der Waals surface area contributed by atoms with E-state index in [9.17, 15) is 4.79 Å². The summed E-state index contributed by atoms with van der Waals surface area (Å²) in [5.74, 6) is 0.628. The second-order valence-corrected chi connectivity index (χ2v) is 6.53. The average molecular weight is 360 g/mol. The van der Waals surface area contributed by atoms with Gasteiger partial charge in [-0.3, -0.25) is 4.79 Å². The van der Waals surface area contributed by atoms with E-state index in [1.807, 2.05) is 43.3 Å². The van der Waals surface area contributed by atoms with Crippen molar-refractivity contribution in [2.24, 2.45) is 5.10 Å². The molecule has 4 nitrogen and oxygen atoms in total. The highest BCUT2D eigenvalue weighted by Gasteiger charge is 2.05. The van der Waals surface area contributed by atoms with E-state index in [0.29, 0.717) is 12.2 Å². The third-order valence-corrected chi connectivity index (χ3v) is 4.30. The molecule has 0 unspecified atom stereocenters. The van der Waals surface area contributed by atoms with E-state index in [2.05, 4.69) is 35.7 Å². The molecule has 3 aromatic carbocycles. The van der Waals surface area contributed by atoms with Crippen LogP contribution >= 0.6 is 0 Å². The van der Waals surface area contributed by atoms with Crippen molar-refractivity contribution >= 4 is 22.4 Å². The van der Waals surface area contributed by atoms with Gasteiger partial charge in [0.05, 0.1) is 0 Å². The molecule has 0 saturated carbocycles. The Morgan fingerprint density at radius 3 is 2.48 bits per heavy atom. The molecular weight excluding hydrogens is 336 g/mol. The molecule has 0 fully saturated rings. The molecule has 0 saturated heterocycles. The maximum atomic E-state index is 12.1. The summed E-state index contributed by atoms with van der Waals surface area (Å²) in [6, 6.07) is 21.6. The molecule has 1 amide bonds. The van der Waals surface area contributed by atoms with Crippen molar-refractivity contribution in [2.75, 3.05) is 0 Å². The Hall–Kier alpha value is -3.14. The van der Waals surface area contributed by atoms with E-state index in [4.69, 9.17) is 4.74 Å². The summed E-state index contributed by atoms with van der Waals surface area (Å²) in [5, 5.41) is 6.45. The molecule has 0 bridgehead atoms. The Kier molecular flexibility index (Phi) is 6.21. The minimum atomic E-state index is -0.201. The van der Waals surface area contributed by atoms with Gasteiger partial charge >= 0.3 is 0 Å². The number of nitrogens with one attached hydrogen (secondary N) is 1. The Morgan fingerprint density at radius 1 is 1.00 bits per heavy atom. The molecule has 0 atom stereocenters. The quantitative estimate of drug-likeness (QED) is 0.458. The van der Waals surface area contributed by atoms with E-state index in [1.165, 1.54) is 5.39 Å². The van der Waals surface area contributed by atoms with Gasteiger partial charge in [0, 0.05) is 11.3 Å². The molecule has 0 heterocycles. The molecule has 0 aliphatic carbocycles. The van der Waals surface area contributed by atoms with Gasteiger partial charge in [0.1, 0.15) is 12.4 Å². The number of hydrogen-bond acceptors (Lipinski definition) is 3. The highest BCUT2D eigenvalue weighted by atomic mass is 16.5. The fourth-order valence-corrected chi connectivity index (χ4v) is 2.80. The normalized spacial score (nSPS) is 11.4. The summed E-state index contributed by atoms with van der Waals surface area (Å²) in [4.78, 5) is 12.1. The number of ether oxygens (including phenoxy) is 1. The Balaban J connectivity index is 1.58. The van der Waals surface area contributed by atoms with Gasteiger partial charge in [0.25, 0.3) is 5.91 Å². The lowest BCUT2D eigenvalue weighted by Crippen LogP contribution is -2.19. The number of nitrogens with zero attached hydrogens (tertiary/aromatic N) is 1. The molecule has 1 N–H and O–H groups in total. The highest BCUT2D eigenvalue weighted by molar-refractivity contribution is 5.95. The predicted molar refractivity (Wildman–Crippen MR) is 110 cm³/mol. The first kappa shape index (κ1) is 18.6. The van der Waals surface area contributed by atoms with Crippen LogP contribution in [0.3, 0.4) is 0 Å². The van der Waals surface area contributed by atoms with E-state index >= 15 is 0 Å². The molecular formula is C23H24N2O2. The van der Waals surface area contributed by atoms with Crippen LogP contribution in [0, 0.1) is 0 Å². The van der Waals surface area contributed by atoms with Gasteiger partial charge in [0.15, 0.2) is 0 Å². The molecule has 27 heavy (non-hydrogen) atoms. The molecule has 0 aliphatic heterocycles. The zero-order valence-corrected chi connectivity index (χ0v) is 15.7. The molecule has 3 rings (SSSR count). The van der Waals surface area contributed by atoms with Crippen molar-refractivity contribution in [3.8, 4) is 5.75 Å². The topological polar surface area (TPSA) is 50.7 Å². The van der Waals surface area contributed by atoms with Crippen LogP contribution in [-0.2, 0) is 6.61 Å². The minimum Gasteiger partial charge on any atom is -0.489 e. The van der Waals surface area contributed by atoms with Crippen LogP contribution in [0.15, 0.2) is 71.8 Å². The third-order valence-electron chi connectivity index (χ3n) is 4.30. The second-order valence-electron chi connectivity index (χ2n) is 6.53. The van der Waals surface area contributed by atoms with Crippen LogP contribution in [0.4, 0.5) is 0 Å². The standard InChI is InChI=1S/C23H24N2O2/c1-3-6-17(2)24-25-23(26)20-11-9-18(10-12-20)16-27-22-14-13-19-7-4-5-8-21(19)15-22/h4-5,7-15H,3,6,16H2,1-2H3,(H,25,26)/b24-17-. The fraction of sp³-hybridized carbons (Fsp3) is 0.217. The van der Waals surface area contributed by atoms with Crippen LogP contribution in [0.25, 0.3) is 10.8 Å². The lowest BCUT2D eigenvalue weighted by molar-refractivity contribution is 0.0954. The lowest BCUT2D eigenvalue weighted by atomic mass is 10.1. The number of rotatable bonds is 7. The Bertz CT molecular complexity index is 946. The third kappa shape index (κ3) is 5.17. The monoisotopic (exact) mass is 360 g/mol. The van der Waals surface area contributed by atoms with E-state index in [1.54, 1.807) is 12.1 Å². The number of amides is 1. The van der Waals surface area contributed by atoms with Gasteiger partial charge in [-0.05, 0) is 53.9 Å². The number of carbonyl (C=O) groups excluding carboxylic acids is 1. The zero-order valence-electron chi connectivity index (χ0n) is 15.7. The average Bonchev–Trinajstić information content (AvgIpc) is 2.71. The second kappa shape index (κ2) is 8.99. The smallest absolute Gasteiger partial charge is 0.271 e. The maximum absolute atomic E-state index is 12.1. The lowest BCUT2D eigenvalue weighted by Gasteiger charge is -2.08. The fourth-order valence-electron chi connectivity index (χ4n) is 2.80. The highest BCUT2D eigenvalue weighted by Crippen LogP contribution is 2.21. The van der Waals surface area contributed by atoms with Crippen molar-refractivity contribution in [1.29, 1.82) is 0 Å². The van der Waals surface area contributed by atoms with E-state index in [0.717, 1.165) is 35.3 Å². The van der Waals surface area contributed by atoms with E-state index in [-0.39, 0.29) is 5.91 Å². The number of benzene rings is 3. The Morgan fingerprint density at radius 2 is 1.74 bits per heavy atom. The van der Waals surface area contributed by atoms with Crippen LogP contribution in [0.5, 0.6) is 5.75 Å². The zero-order chi connectivity index (χ0) is 19.1. The van der Waals surface area contributed by atoms with Crippen LogP contribution in [0.1, 0.15) is 42.6 Å². The summed E-state index contributed by atoms with van der Waals surface area (Å²) in [5.41, 5.74) is 5.10. The van der Waals surface area contributed by atoms with Crippen molar-refractivity contribution in [3.63, 3.8) is 0 Å². The molecule has 138 valence electrons. The Labute approximate surface area is 159 Å². The number of hydrogen-bond donors (Lipinski definition) is 1. The summed E-state index contributed by atoms with van der Waals surface area (Å²) < 4.78 is 5.88. The maximum Gasteiger partial charge on any atom is 0.271 e. The largest absolute Gasteiger partial charge is 0.489 e. The first-order chi connectivity index (χ1) is 13.2. The molecule has 0 aliphatic rings. The molecule has 3 aromatic rings. The van der Waals surface area contributed by atoms with Gasteiger partial charge in [-0.15, -0.1) is 0 Å². The predicted octanol–water partition coefficient (Wildman–Crippen LogP) is 5.32. The molecule has 0 spiro atoms. The van der Waals surface area contributed by atoms with Crippen LogP contribution in [-0.4, -0.2) is 11.6 Å². The SMILES string of the molecule is CCC/C(C)=N\NC(=O)c1ccc(COc2ccc3ccccc3c2)cc1. The van der Waals surface area contributed by atoms with Crippen LogP contribution < -0.4 is 10.2 Å². The van der Waals surface area contributed by atoms with Gasteiger partial charge in [0.2, 0.25) is 0 Å². The van der Waals surface area contributed by atoms with Gasteiger partial charge < -0.3 is 4.74 Å². The first-order valence-corrected chi connectivity index (χ1v) is 9.20. The summed E-state index contributed by atoms with van der Waals surface area (Å²) in [6.07, 6.45) is 1.89. The van der Waals surface area contributed by atoms with Crippen molar-refractivity contribution < 1.29 is 9.53 Å². The number of carbonyl (C=O) groups is 1. The van der Waals surface area contributed by atoms with Crippen molar-refractivity contribution in [2.45, 2.75) is 33.3 Å². The van der Waals surface area contributed by atoms with E-state index < -0.39 is 0 Å². The van der Waals surface area contributed by atoms with Gasteiger partial charge in [-0.2, -0.15) is 5.10 Å². The minimum absolute atomic E-state index is 0.201. The first-order valence-electron chi connectivity index (χ1n) is 9.20.